The summed E-state index contributed by atoms with van der Waals surface area (Å²) in [5, 5.41) is 0. The number of hydrogen-bond donors (Lipinski definition) is 1. The van der Waals surface area contributed by atoms with Crippen molar-refractivity contribution in [2.45, 2.75) is 25.5 Å². The van der Waals surface area contributed by atoms with Gasteiger partial charge in [0.25, 0.3) is 0 Å². The van der Waals surface area contributed by atoms with Gasteiger partial charge < -0.3 is 10.5 Å². The van der Waals surface area contributed by atoms with Crippen LogP contribution in [0.25, 0.3) is 0 Å². The highest BCUT2D eigenvalue weighted by molar-refractivity contribution is 14.1. The molecule has 0 bridgehead atoms. The molecule has 1 aromatic heterocycles. The van der Waals surface area contributed by atoms with Crippen molar-refractivity contribution in [2.24, 2.45) is 5.73 Å². The van der Waals surface area contributed by atoms with Crippen molar-refractivity contribution >= 4 is 45.5 Å². The van der Waals surface area contributed by atoms with Crippen molar-refractivity contribution < 1.29 is 4.74 Å². The van der Waals surface area contributed by atoms with Gasteiger partial charge in [0, 0.05) is 14.5 Å². The number of benzene rings is 1. The molecule has 1 aromatic carbocycles. The molecule has 0 aliphatic carbocycles. The molecular weight excluding hydrogens is 393 g/mol. The van der Waals surface area contributed by atoms with Crippen LogP contribution in [-0.2, 0) is 0 Å². The number of ether oxygens (including phenoxy) is 1. The van der Waals surface area contributed by atoms with Crippen molar-refractivity contribution in [1.82, 2.24) is 0 Å². The van der Waals surface area contributed by atoms with E-state index in [1.165, 1.54) is 11.3 Å². The van der Waals surface area contributed by atoms with Gasteiger partial charge in [0.05, 0.1) is 4.34 Å². The van der Waals surface area contributed by atoms with Crippen LogP contribution in [0.4, 0.5) is 0 Å². The highest BCUT2D eigenvalue weighted by Crippen LogP contribution is 2.32. The third-order valence-electron chi connectivity index (χ3n) is 2.79. The smallest absolute Gasteiger partial charge is 0.148 e. The fraction of sp³-hybridized carbons (Fsp3) is 0.286. The van der Waals surface area contributed by atoms with Crippen molar-refractivity contribution in [3.8, 4) is 5.75 Å². The minimum atomic E-state index is -0.152. The van der Waals surface area contributed by atoms with Crippen LogP contribution in [0, 0.1) is 3.57 Å². The van der Waals surface area contributed by atoms with Crippen LogP contribution in [0.1, 0.15) is 24.3 Å². The summed E-state index contributed by atoms with van der Waals surface area (Å²) in [6.45, 7) is 2.06. The monoisotopic (exact) mass is 407 g/mol. The Hall–Kier alpha value is -0.300. The van der Waals surface area contributed by atoms with Crippen LogP contribution in [0.3, 0.4) is 0 Å². The summed E-state index contributed by atoms with van der Waals surface area (Å²) in [7, 11) is 0. The van der Waals surface area contributed by atoms with Crippen molar-refractivity contribution in [2.75, 3.05) is 0 Å². The molecular formula is C14H15ClINOS. The van der Waals surface area contributed by atoms with E-state index < -0.39 is 0 Å². The summed E-state index contributed by atoms with van der Waals surface area (Å²) >= 11 is 9.79. The highest BCUT2D eigenvalue weighted by atomic mass is 127. The van der Waals surface area contributed by atoms with Gasteiger partial charge in [-0.25, -0.2) is 0 Å². The number of nitrogens with two attached hydrogens (primary N) is 1. The van der Waals surface area contributed by atoms with Gasteiger partial charge in [-0.3, -0.25) is 0 Å². The highest BCUT2D eigenvalue weighted by Gasteiger charge is 2.22. The van der Waals surface area contributed by atoms with Gasteiger partial charge in [-0.1, -0.05) is 24.6 Å². The Bertz CT molecular complexity index is 546. The van der Waals surface area contributed by atoms with E-state index in [4.69, 9.17) is 22.1 Å². The lowest BCUT2D eigenvalue weighted by atomic mass is 10.1. The van der Waals surface area contributed by atoms with Gasteiger partial charge >= 0.3 is 0 Å². The SMILES string of the molecule is CCC(N)C(Oc1cccc(I)c1)c1ccc(Cl)s1. The first kappa shape index (κ1) is 15.1. The van der Waals surface area contributed by atoms with E-state index in [0.717, 1.165) is 25.0 Å². The molecule has 0 aliphatic rings. The van der Waals surface area contributed by atoms with Gasteiger partial charge in [0.1, 0.15) is 11.9 Å². The lowest BCUT2D eigenvalue weighted by Gasteiger charge is -2.23. The zero-order valence-corrected chi connectivity index (χ0v) is 14.2. The summed E-state index contributed by atoms with van der Waals surface area (Å²) in [4.78, 5) is 1.07. The molecule has 0 amide bonds. The predicted molar refractivity (Wildman–Crippen MR) is 90.1 cm³/mol. The maximum atomic E-state index is 6.18. The minimum Gasteiger partial charge on any atom is -0.483 e. The normalized spacial score (nSPS) is 14.1. The fourth-order valence-electron chi connectivity index (χ4n) is 1.74. The molecule has 0 fully saturated rings. The lowest BCUT2D eigenvalue weighted by Crippen LogP contribution is -2.30. The topological polar surface area (TPSA) is 35.2 Å². The second-order valence-electron chi connectivity index (χ2n) is 4.21. The Balaban J connectivity index is 2.24. The maximum Gasteiger partial charge on any atom is 0.148 e. The van der Waals surface area contributed by atoms with E-state index in [2.05, 4.69) is 29.5 Å². The molecule has 0 aliphatic heterocycles. The zero-order chi connectivity index (χ0) is 13.8. The summed E-state index contributed by atoms with van der Waals surface area (Å²) < 4.78 is 7.97. The van der Waals surface area contributed by atoms with E-state index >= 15 is 0 Å². The van der Waals surface area contributed by atoms with Crippen LogP contribution in [-0.4, -0.2) is 6.04 Å². The molecule has 19 heavy (non-hydrogen) atoms. The molecule has 2 N–H and O–H groups in total. The molecule has 102 valence electrons. The van der Waals surface area contributed by atoms with Gasteiger partial charge in [0.2, 0.25) is 0 Å². The molecule has 2 aromatic rings. The van der Waals surface area contributed by atoms with Crippen LogP contribution in [0.15, 0.2) is 36.4 Å². The largest absolute Gasteiger partial charge is 0.483 e. The summed E-state index contributed by atoms with van der Waals surface area (Å²) in [5.74, 6) is 0.838. The van der Waals surface area contributed by atoms with Gasteiger partial charge in [-0.2, -0.15) is 0 Å². The first-order valence-electron chi connectivity index (χ1n) is 6.03. The van der Waals surface area contributed by atoms with Crippen LogP contribution < -0.4 is 10.5 Å². The van der Waals surface area contributed by atoms with E-state index in [1.807, 2.05) is 36.4 Å². The Labute approximate surface area is 136 Å². The maximum absolute atomic E-state index is 6.18. The molecule has 2 atom stereocenters. The molecule has 2 rings (SSSR count). The molecule has 1 heterocycles. The lowest BCUT2D eigenvalue weighted by molar-refractivity contribution is 0.174. The Kier molecular flexibility index (Phi) is 5.50. The number of halogens is 2. The Morgan fingerprint density at radius 2 is 2.16 bits per heavy atom. The predicted octanol–water partition coefficient (Wildman–Crippen LogP) is 4.86. The Morgan fingerprint density at radius 3 is 2.74 bits per heavy atom. The van der Waals surface area contributed by atoms with E-state index in [-0.39, 0.29) is 12.1 Å². The van der Waals surface area contributed by atoms with Crippen molar-refractivity contribution in [3.63, 3.8) is 0 Å². The molecule has 0 radical (unpaired) electrons. The van der Waals surface area contributed by atoms with Gasteiger partial charge in [0.15, 0.2) is 0 Å². The van der Waals surface area contributed by atoms with Crippen molar-refractivity contribution in [1.29, 1.82) is 0 Å². The summed E-state index contributed by atoms with van der Waals surface area (Å²) in [5.41, 5.74) is 6.18. The number of rotatable bonds is 5. The zero-order valence-electron chi connectivity index (χ0n) is 10.5. The van der Waals surface area contributed by atoms with Gasteiger partial charge in [-0.15, -0.1) is 11.3 Å². The third-order valence-corrected chi connectivity index (χ3v) is 4.76. The molecule has 0 saturated heterocycles. The van der Waals surface area contributed by atoms with Gasteiger partial charge in [-0.05, 0) is 59.3 Å². The number of hydrogen-bond acceptors (Lipinski definition) is 3. The van der Waals surface area contributed by atoms with Crippen molar-refractivity contribution in [3.05, 3.63) is 49.2 Å². The van der Waals surface area contributed by atoms with Crippen LogP contribution in [0.5, 0.6) is 5.75 Å². The standard InChI is InChI=1S/C14H15ClINOS/c1-2-11(17)14(12-6-7-13(15)19-12)18-10-5-3-4-9(16)8-10/h3-8,11,14H,2,17H2,1H3. The molecule has 2 nitrogen and oxygen atoms in total. The first-order chi connectivity index (χ1) is 9.10. The van der Waals surface area contributed by atoms with E-state index in [0.29, 0.717) is 0 Å². The fourth-order valence-corrected chi connectivity index (χ4v) is 3.42. The van der Waals surface area contributed by atoms with Crippen LogP contribution >= 0.6 is 45.5 Å². The molecule has 0 spiro atoms. The van der Waals surface area contributed by atoms with E-state index in [1.54, 1.807) is 0 Å². The summed E-state index contributed by atoms with van der Waals surface area (Å²) in [6, 6.07) is 11.8. The minimum absolute atomic E-state index is 0.0485. The number of thiophene rings is 1. The first-order valence-corrected chi connectivity index (χ1v) is 8.30. The average molecular weight is 408 g/mol. The molecule has 0 saturated carbocycles. The Morgan fingerprint density at radius 1 is 1.37 bits per heavy atom. The molecule has 5 heteroatoms. The summed E-state index contributed by atoms with van der Waals surface area (Å²) in [6.07, 6.45) is 0.699. The molecule has 2 unspecified atom stereocenters. The van der Waals surface area contributed by atoms with E-state index in [9.17, 15) is 0 Å². The quantitative estimate of drug-likeness (QED) is 0.718. The second-order valence-corrected chi connectivity index (χ2v) is 7.20. The average Bonchev–Trinajstić information content (AvgIpc) is 2.81. The third kappa shape index (κ3) is 4.08. The van der Waals surface area contributed by atoms with Crippen LogP contribution in [0.2, 0.25) is 4.34 Å². The second kappa shape index (κ2) is 6.92.